The summed E-state index contributed by atoms with van der Waals surface area (Å²) in [5.74, 6) is -0.696. The Morgan fingerprint density at radius 3 is 2.43 bits per heavy atom. The predicted octanol–water partition coefficient (Wildman–Crippen LogP) is 3.43. The van der Waals surface area contributed by atoms with Crippen molar-refractivity contribution < 1.29 is 14.4 Å². The van der Waals surface area contributed by atoms with E-state index >= 15 is 0 Å². The van der Waals surface area contributed by atoms with E-state index < -0.39 is 17.5 Å². The minimum atomic E-state index is -1.18. The number of nitrogens with zero attached hydrogens (tertiary/aromatic N) is 1. The van der Waals surface area contributed by atoms with Gasteiger partial charge >= 0.3 is 6.03 Å². The van der Waals surface area contributed by atoms with E-state index in [1.165, 1.54) is 0 Å². The third kappa shape index (κ3) is 2.69. The van der Waals surface area contributed by atoms with Crippen LogP contribution < -0.4 is 5.32 Å². The molecule has 1 aromatic heterocycles. The second-order valence-electron chi connectivity index (χ2n) is 7.41. The standard InChI is InChI=1S/C22H21N3O3/c1-13-8-10-15(11-9-13)22(3)20(27)25(21(28)24-22)12-18(26)19-14(2)23-17-7-5-4-6-16(17)19/h4-11,23H,12H2,1-3H3,(H,24,28)/t22-/m0/s1. The highest BCUT2D eigenvalue weighted by atomic mass is 16.2. The fourth-order valence-corrected chi connectivity index (χ4v) is 3.78. The van der Waals surface area contributed by atoms with E-state index in [1.54, 1.807) is 6.92 Å². The number of aryl methyl sites for hydroxylation is 2. The van der Waals surface area contributed by atoms with Crippen molar-refractivity contribution in [2.45, 2.75) is 26.3 Å². The predicted molar refractivity (Wildman–Crippen MR) is 106 cm³/mol. The van der Waals surface area contributed by atoms with Gasteiger partial charge < -0.3 is 10.3 Å². The zero-order valence-corrected chi connectivity index (χ0v) is 16.0. The maximum atomic E-state index is 13.1. The molecule has 0 aliphatic carbocycles. The van der Waals surface area contributed by atoms with Gasteiger partial charge in [0.25, 0.3) is 5.91 Å². The van der Waals surface area contributed by atoms with Crippen LogP contribution in [-0.2, 0) is 10.3 Å². The lowest BCUT2D eigenvalue weighted by Crippen LogP contribution is -2.41. The first-order chi connectivity index (χ1) is 13.3. The molecule has 1 fully saturated rings. The number of fused-ring (bicyclic) bond motifs is 1. The van der Waals surface area contributed by atoms with Gasteiger partial charge in [0.05, 0.1) is 6.54 Å². The number of ketones is 1. The molecule has 1 atom stereocenters. The summed E-state index contributed by atoms with van der Waals surface area (Å²) in [6, 6.07) is 14.4. The van der Waals surface area contributed by atoms with Crippen LogP contribution in [0.5, 0.6) is 0 Å². The molecule has 6 nitrogen and oxygen atoms in total. The molecule has 2 N–H and O–H groups in total. The quantitative estimate of drug-likeness (QED) is 0.541. The number of para-hydroxylation sites is 1. The molecule has 0 radical (unpaired) electrons. The summed E-state index contributed by atoms with van der Waals surface area (Å²) in [5.41, 5.74) is 2.66. The Balaban J connectivity index is 1.64. The third-order valence-electron chi connectivity index (χ3n) is 5.38. The molecule has 1 saturated heterocycles. The summed E-state index contributed by atoms with van der Waals surface area (Å²) in [6.45, 7) is 5.14. The molecule has 6 heteroatoms. The van der Waals surface area contributed by atoms with E-state index in [-0.39, 0.29) is 12.3 Å². The molecule has 0 bridgehead atoms. The number of urea groups is 1. The first-order valence-electron chi connectivity index (χ1n) is 9.13. The summed E-state index contributed by atoms with van der Waals surface area (Å²) < 4.78 is 0. The minimum Gasteiger partial charge on any atom is -0.358 e. The van der Waals surface area contributed by atoms with Gasteiger partial charge in [0.15, 0.2) is 5.78 Å². The first kappa shape index (κ1) is 18.0. The maximum absolute atomic E-state index is 13.1. The second-order valence-corrected chi connectivity index (χ2v) is 7.41. The third-order valence-corrected chi connectivity index (χ3v) is 5.38. The summed E-state index contributed by atoms with van der Waals surface area (Å²) in [7, 11) is 0. The minimum absolute atomic E-state index is 0.272. The summed E-state index contributed by atoms with van der Waals surface area (Å²) in [6.07, 6.45) is 0. The fraction of sp³-hybridized carbons (Fsp3) is 0.227. The average molecular weight is 375 g/mol. The van der Waals surface area contributed by atoms with E-state index in [1.807, 2.05) is 62.4 Å². The number of H-pyrrole nitrogens is 1. The van der Waals surface area contributed by atoms with Crippen LogP contribution in [0.2, 0.25) is 0 Å². The lowest BCUT2D eigenvalue weighted by Gasteiger charge is -2.22. The van der Waals surface area contributed by atoms with Crippen molar-refractivity contribution in [1.82, 2.24) is 15.2 Å². The van der Waals surface area contributed by atoms with Crippen LogP contribution in [0, 0.1) is 13.8 Å². The van der Waals surface area contributed by atoms with Crippen LogP contribution >= 0.6 is 0 Å². The van der Waals surface area contributed by atoms with Gasteiger partial charge in [0.1, 0.15) is 5.54 Å². The molecule has 1 aliphatic heterocycles. The van der Waals surface area contributed by atoms with Gasteiger partial charge in [-0.1, -0.05) is 48.0 Å². The highest BCUT2D eigenvalue weighted by Crippen LogP contribution is 2.30. The van der Waals surface area contributed by atoms with Crippen LogP contribution in [0.1, 0.15) is 34.1 Å². The molecule has 2 aromatic carbocycles. The number of aromatic nitrogens is 1. The van der Waals surface area contributed by atoms with Gasteiger partial charge in [-0.05, 0) is 32.4 Å². The molecule has 3 aromatic rings. The number of amides is 3. The highest BCUT2D eigenvalue weighted by molar-refractivity contribution is 6.15. The van der Waals surface area contributed by atoms with Crippen molar-refractivity contribution in [3.8, 4) is 0 Å². The van der Waals surface area contributed by atoms with E-state index in [9.17, 15) is 14.4 Å². The molecular weight excluding hydrogens is 354 g/mol. The average Bonchev–Trinajstić information content (AvgIpc) is 3.11. The lowest BCUT2D eigenvalue weighted by molar-refractivity contribution is -0.130. The van der Waals surface area contributed by atoms with E-state index in [4.69, 9.17) is 0 Å². The van der Waals surface area contributed by atoms with Crippen LogP contribution in [0.3, 0.4) is 0 Å². The Morgan fingerprint density at radius 2 is 1.71 bits per heavy atom. The first-order valence-corrected chi connectivity index (χ1v) is 9.13. The van der Waals surface area contributed by atoms with Gasteiger partial charge in [-0.2, -0.15) is 0 Å². The molecule has 28 heavy (non-hydrogen) atoms. The number of hydrogen-bond acceptors (Lipinski definition) is 3. The molecule has 2 heterocycles. The lowest BCUT2D eigenvalue weighted by atomic mass is 9.91. The van der Waals surface area contributed by atoms with E-state index in [0.29, 0.717) is 11.1 Å². The number of hydrogen-bond donors (Lipinski definition) is 2. The monoisotopic (exact) mass is 375 g/mol. The Labute approximate surface area is 162 Å². The van der Waals surface area contributed by atoms with Gasteiger partial charge in [-0.25, -0.2) is 4.79 Å². The SMILES string of the molecule is Cc1ccc([C@]2(C)NC(=O)N(CC(=O)c3c(C)[nH]c4ccccc34)C2=O)cc1. The molecule has 3 amide bonds. The Hall–Kier alpha value is -3.41. The zero-order chi connectivity index (χ0) is 20.1. The molecule has 4 rings (SSSR count). The Kier molecular flexibility index (Phi) is 4.07. The van der Waals surface area contributed by atoms with Gasteiger partial charge in [0, 0.05) is 22.2 Å². The summed E-state index contributed by atoms with van der Waals surface area (Å²) in [5, 5.41) is 3.54. The molecule has 0 unspecified atom stereocenters. The summed E-state index contributed by atoms with van der Waals surface area (Å²) in [4.78, 5) is 42.8. The zero-order valence-electron chi connectivity index (χ0n) is 16.0. The molecule has 142 valence electrons. The van der Waals surface area contributed by atoms with Crippen molar-refractivity contribution in [3.05, 3.63) is 70.9 Å². The van der Waals surface area contributed by atoms with E-state index in [0.717, 1.165) is 27.1 Å². The number of nitrogens with one attached hydrogen (secondary N) is 2. The molecule has 0 saturated carbocycles. The van der Waals surface area contributed by atoms with Crippen molar-refractivity contribution in [2.24, 2.45) is 0 Å². The van der Waals surface area contributed by atoms with Crippen LogP contribution in [0.15, 0.2) is 48.5 Å². The number of aromatic amines is 1. The number of imide groups is 1. The van der Waals surface area contributed by atoms with Crippen LogP contribution in [0.25, 0.3) is 10.9 Å². The van der Waals surface area contributed by atoms with Crippen molar-refractivity contribution in [1.29, 1.82) is 0 Å². The Bertz CT molecular complexity index is 1110. The van der Waals surface area contributed by atoms with Crippen LogP contribution in [0.4, 0.5) is 4.79 Å². The topological polar surface area (TPSA) is 82.3 Å². The highest BCUT2D eigenvalue weighted by Gasteiger charge is 2.49. The molecular formula is C22H21N3O3. The van der Waals surface area contributed by atoms with Crippen molar-refractivity contribution in [2.75, 3.05) is 6.54 Å². The number of rotatable bonds is 4. The fourth-order valence-electron chi connectivity index (χ4n) is 3.78. The summed E-state index contributed by atoms with van der Waals surface area (Å²) >= 11 is 0. The van der Waals surface area contributed by atoms with Gasteiger partial charge in [-0.15, -0.1) is 0 Å². The second kappa shape index (κ2) is 6.34. The van der Waals surface area contributed by atoms with Crippen molar-refractivity contribution in [3.63, 3.8) is 0 Å². The van der Waals surface area contributed by atoms with Crippen LogP contribution in [-0.4, -0.2) is 34.2 Å². The normalized spacial score (nSPS) is 19.3. The largest absolute Gasteiger partial charge is 0.358 e. The molecule has 1 aliphatic rings. The van der Waals surface area contributed by atoms with E-state index in [2.05, 4.69) is 10.3 Å². The molecule has 0 spiro atoms. The van der Waals surface area contributed by atoms with Crippen molar-refractivity contribution >= 4 is 28.6 Å². The number of carbonyl (C=O) groups excluding carboxylic acids is 3. The van der Waals surface area contributed by atoms with Gasteiger partial charge in [-0.3, -0.25) is 14.5 Å². The number of Topliss-reactive ketones (excluding diaryl/α,β-unsaturated/α-hetero) is 1. The smallest absolute Gasteiger partial charge is 0.325 e. The van der Waals surface area contributed by atoms with Gasteiger partial charge in [0.2, 0.25) is 0 Å². The Morgan fingerprint density at radius 1 is 1.04 bits per heavy atom. The number of benzene rings is 2. The number of carbonyl (C=O) groups is 3. The maximum Gasteiger partial charge on any atom is 0.325 e.